The van der Waals surface area contributed by atoms with Crippen molar-refractivity contribution >= 4 is 23.5 Å². The minimum absolute atomic E-state index is 0.263. The molecule has 0 aliphatic heterocycles. The number of aliphatic carboxylic acids is 1. The van der Waals surface area contributed by atoms with Crippen LogP contribution in [-0.2, 0) is 16.1 Å². The van der Waals surface area contributed by atoms with Gasteiger partial charge in [-0.25, -0.2) is 0 Å². The monoisotopic (exact) mass is 391 g/mol. The smallest absolute Gasteiger partial charge is 0.253 e. The molecule has 0 unspecified atom stereocenters. The second kappa shape index (κ2) is 9.19. The van der Waals surface area contributed by atoms with Crippen LogP contribution in [-0.4, -0.2) is 17.8 Å². The Labute approximate surface area is 169 Å². The molecule has 3 rings (SSSR count). The largest absolute Gasteiger partial charge is 0.550 e. The molecule has 0 radical (unpaired) electrons. The molecule has 0 heterocycles. The van der Waals surface area contributed by atoms with Crippen LogP contribution in [0.5, 0.6) is 0 Å². The molecule has 6 heteroatoms. The number of hydrogen-bond donors (Lipinski definition) is 2. The van der Waals surface area contributed by atoms with Crippen molar-refractivity contribution in [2.24, 2.45) is 11.8 Å². The van der Waals surface area contributed by atoms with Gasteiger partial charge in [-0.15, -0.1) is 0 Å². The second-order valence-electron chi connectivity index (χ2n) is 7.12. The van der Waals surface area contributed by atoms with Gasteiger partial charge in [0, 0.05) is 18.4 Å². The first kappa shape index (κ1) is 20.3. The number of carboxylic acids is 1. The SMILES string of the molecule is Cc1ccccc1CNC(=O)c1ccccc1NC(=O)[C@H]1CC=CC[C@H]1C(=O)[O-]. The zero-order chi connectivity index (χ0) is 20.8. The molecule has 29 heavy (non-hydrogen) atoms. The highest BCUT2D eigenvalue weighted by atomic mass is 16.4. The molecule has 1 aliphatic rings. The fraction of sp³-hybridized carbons (Fsp3) is 0.261. The summed E-state index contributed by atoms with van der Waals surface area (Å²) in [6, 6.07) is 14.5. The van der Waals surface area contributed by atoms with Crippen molar-refractivity contribution in [1.82, 2.24) is 5.32 Å². The number of amides is 2. The molecule has 0 spiro atoms. The first-order valence-electron chi connectivity index (χ1n) is 9.56. The molecule has 2 amide bonds. The molecule has 2 aromatic carbocycles. The van der Waals surface area contributed by atoms with E-state index < -0.39 is 23.7 Å². The van der Waals surface area contributed by atoms with Crippen LogP contribution in [0.1, 0.15) is 34.3 Å². The van der Waals surface area contributed by atoms with Crippen LogP contribution in [0.2, 0.25) is 0 Å². The molecule has 6 nitrogen and oxygen atoms in total. The van der Waals surface area contributed by atoms with Crippen LogP contribution in [0.4, 0.5) is 5.69 Å². The summed E-state index contributed by atoms with van der Waals surface area (Å²) in [5.41, 5.74) is 2.76. The summed E-state index contributed by atoms with van der Waals surface area (Å²) < 4.78 is 0. The first-order chi connectivity index (χ1) is 14.0. The lowest BCUT2D eigenvalue weighted by Gasteiger charge is -2.28. The van der Waals surface area contributed by atoms with Gasteiger partial charge in [-0.2, -0.15) is 0 Å². The Hall–Kier alpha value is -3.41. The summed E-state index contributed by atoms with van der Waals surface area (Å²) in [7, 11) is 0. The van der Waals surface area contributed by atoms with Crippen molar-refractivity contribution in [1.29, 1.82) is 0 Å². The summed E-state index contributed by atoms with van der Waals surface area (Å²) >= 11 is 0. The van der Waals surface area contributed by atoms with E-state index in [1.54, 1.807) is 36.4 Å². The normalized spacial score (nSPS) is 18.1. The van der Waals surface area contributed by atoms with Crippen LogP contribution in [0.3, 0.4) is 0 Å². The van der Waals surface area contributed by atoms with E-state index in [0.29, 0.717) is 24.2 Å². The predicted molar refractivity (Wildman–Crippen MR) is 108 cm³/mol. The Morgan fingerprint density at radius 1 is 0.966 bits per heavy atom. The number of allylic oxidation sites excluding steroid dienone is 2. The van der Waals surface area contributed by atoms with Crippen molar-refractivity contribution in [2.45, 2.75) is 26.3 Å². The Morgan fingerprint density at radius 3 is 2.34 bits per heavy atom. The van der Waals surface area contributed by atoms with Crippen molar-refractivity contribution in [3.05, 3.63) is 77.4 Å². The number of aryl methyl sites for hydroxylation is 1. The third-order valence-corrected chi connectivity index (χ3v) is 5.20. The fourth-order valence-electron chi connectivity index (χ4n) is 3.46. The van der Waals surface area contributed by atoms with Crippen LogP contribution in [0.25, 0.3) is 0 Å². The number of carboxylic acid groups (broad SMARTS) is 1. The van der Waals surface area contributed by atoms with Crippen LogP contribution in [0, 0.1) is 18.8 Å². The number of rotatable bonds is 6. The number of carbonyl (C=O) groups excluding carboxylic acids is 3. The molecule has 0 bridgehead atoms. The molecule has 2 aromatic rings. The highest BCUT2D eigenvalue weighted by molar-refractivity contribution is 6.04. The zero-order valence-electron chi connectivity index (χ0n) is 16.2. The standard InChI is InChI=1S/C23H24N2O4/c1-15-8-2-3-9-16(15)14-24-21(26)19-12-6-7-13-20(19)25-22(27)17-10-4-5-11-18(17)23(28)29/h2-9,12-13,17-18H,10-11,14H2,1H3,(H,24,26)(H,25,27)(H,28,29)/p-1/t17-,18+/m0/s1. The van der Waals surface area contributed by atoms with E-state index in [9.17, 15) is 19.5 Å². The van der Waals surface area contributed by atoms with Crippen LogP contribution < -0.4 is 15.7 Å². The van der Waals surface area contributed by atoms with Gasteiger partial charge in [0.2, 0.25) is 5.91 Å². The fourth-order valence-corrected chi connectivity index (χ4v) is 3.46. The van der Waals surface area contributed by atoms with E-state index in [1.165, 1.54) is 0 Å². The van der Waals surface area contributed by atoms with Crippen molar-refractivity contribution < 1.29 is 19.5 Å². The minimum atomic E-state index is -1.24. The summed E-state index contributed by atoms with van der Waals surface area (Å²) in [6.45, 7) is 2.34. The Balaban J connectivity index is 1.72. The number of nitrogens with one attached hydrogen (secondary N) is 2. The van der Waals surface area contributed by atoms with E-state index in [-0.39, 0.29) is 12.3 Å². The van der Waals surface area contributed by atoms with Gasteiger partial charge >= 0.3 is 0 Å². The van der Waals surface area contributed by atoms with E-state index in [1.807, 2.05) is 31.2 Å². The van der Waals surface area contributed by atoms with Gasteiger partial charge in [0.25, 0.3) is 5.91 Å². The van der Waals surface area contributed by atoms with E-state index in [0.717, 1.165) is 11.1 Å². The van der Waals surface area contributed by atoms with E-state index in [2.05, 4.69) is 10.6 Å². The summed E-state index contributed by atoms with van der Waals surface area (Å²) in [6.07, 6.45) is 4.13. The maximum absolute atomic E-state index is 12.7. The van der Waals surface area contributed by atoms with Gasteiger partial charge in [0.05, 0.1) is 17.2 Å². The molecule has 150 valence electrons. The average molecular weight is 391 g/mol. The Kier molecular flexibility index (Phi) is 6.44. The van der Waals surface area contributed by atoms with Gasteiger partial charge in [-0.1, -0.05) is 48.6 Å². The number of carbonyl (C=O) groups is 3. The molecule has 0 saturated heterocycles. The molecule has 2 atom stereocenters. The van der Waals surface area contributed by atoms with Gasteiger partial charge in [-0.05, 0) is 43.0 Å². The van der Waals surface area contributed by atoms with Crippen molar-refractivity contribution in [3.63, 3.8) is 0 Å². The average Bonchev–Trinajstić information content (AvgIpc) is 2.73. The van der Waals surface area contributed by atoms with Gasteiger partial charge < -0.3 is 20.5 Å². The predicted octanol–water partition coefficient (Wildman–Crippen LogP) is 2.20. The molecular formula is C23H23N2O4-. The molecular weight excluding hydrogens is 368 g/mol. The molecule has 1 aliphatic carbocycles. The highest BCUT2D eigenvalue weighted by Crippen LogP contribution is 2.27. The second-order valence-corrected chi connectivity index (χ2v) is 7.12. The van der Waals surface area contributed by atoms with Crippen molar-refractivity contribution in [3.8, 4) is 0 Å². The summed E-state index contributed by atoms with van der Waals surface area (Å²) in [4.78, 5) is 36.8. The van der Waals surface area contributed by atoms with Crippen LogP contribution in [0.15, 0.2) is 60.7 Å². The summed E-state index contributed by atoms with van der Waals surface area (Å²) in [5.74, 6) is -3.58. The molecule has 2 N–H and O–H groups in total. The zero-order valence-corrected chi connectivity index (χ0v) is 16.2. The molecule has 0 aromatic heterocycles. The lowest BCUT2D eigenvalue weighted by Crippen LogP contribution is -2.41. The Bertz CT molecular complexity index is 951. The number of anilines is 1. The van der Waals surface area contributed by atoms with Crippen LogP contribution >= 0.6 is 0 Å². The van der Waals surface area contributed by atoms with Gasteiger partial charge in [-0.3, -0.25) is 9.59 Å². The van der Waals surface area contributed by atoms with E-state index >= 15 is 0 Å². The topological polar surface area (TPSA) is 98.3 Å². The first-order valence-corrected chi connectivity index (χ1v) is 9.56. The van der Waals surface area contributed by atoms with Gasteiger partial charge in [0.1, 0.15) is 0 Å². The molecule has 0 fully saturated rings. The van der Waals surface area contributed by atoms with Crippen molar-refractivity contribution in [2.75, 3.05) is 5.32 Å². The minimum Gasteiger partial charge on any atom is -0.550 e. The quantitative estimate of drug-likeness (QED) is 0.738. The maximum atomic E-state index is 12.7. The third kappa shape index (κ3) is 4.90. The Morgan fingerprint density at radius 2 is 1.62 bits per heavy atom. The summed E-state index contributed by atoms with van der Waals surface area (Å²) in [5, 5.41) is 17.0. The van der Waals surface area contributed by atoms with E-state index in [4.69, 9.17) is 0 Å². The number of para-hydroxylation sites is 1. The molecule has 0 saturated carbocycles. The lowest BCUT2D eigenvalue weighted by molar-refractivity contribution is -0.313. The number of hydrogen-bond acceptors (Lipinski definition) is 4. The number of benzene rings is 2. The lowest BCUT2D eigenvalue weighted by atomic mass is 9.82. The maximum Gasteiger partial charge on any atom is 0.253 e. The highest BCUT2D eigenvalue weighted by Gasteiger charge is 2.30. The van der Waals surface area contributed by atoms with Gasteiger partial charge in [0.15, 0.2) is 0 Å². The third-order valence-electron chi connectivity index (χ3n) is 5.20.